The molecular formula is C15H33NO2. The first kappa shape index (κ1) is 17.9. The summed E-state index contributed by atoms with van der Waals surface area (Å²) in [5, 5.41) is 18.1. The molecule has 0 aromatic heterocycles. The molecule has 0 fully saturated rings. The van der Waals surface area contributed by atoms with Crippen molar-refractivity contribution in [1.29, 1.82) is 0 Å². The van der Waals surface area contributed by atoms with Gasteiger partial charge in [0.2, 0.25) is 0 Å². The topological polar surface area (TPSA) is 66.5 Å². The predicted molar refractivity (Wildman–Crippen MR) is 77.2 cm³/mol. The van der Waals surface area contributed by atoms with Crippen molar-refractivity contribution in [2.75, 3.05) is 6.54 Å². The van der Waals surface area contributed by atoms with Crippen molar-refractivity contribution >= 4 is 0 Å². The molecule has 3 nitrogen and oxygen atoms in total. The highest BCUT2D eigenvalue weighted by Crippen LogP contribution is 2.14. The summed E-state index contributed by atoms with van der Waals surface area (Å²) in [4.78, 5) is 0. The zero-order valence-corrected chi connectivity index (χ0v) is 12.1. The maximum absolute atomic E-state index is 9.03. The third-order valence-electron chi connectivity index (χ3n) is 3.65. The molecule has 0 amide bonds. The number of hydrogen-bond acceptors (Lipinski definition) is 3. The van der Waals surface area contributed by atoms with Gasteiger partial charge in [0.15, 0.2) is 6.29 Å². The molecule has 0 saturated carbocycles. The maximum atomic E-state index is 9.03. The Labute approximate surface area is 113 Å². The number of rotatable bonds is 13. The summed E-state index contributed by atoms with van der Waals surface area (Å²) in [7, 11) is 0. The molecule has 1 atom stereocenters. The van der Waals surface area contributed by atoms with Crippen molar-refractivity contribution in [2.45, 2.75) is 83.8 Å². The van der Waals surface area contributed by atoms with Crippen LogP contribution >= 0.6 is 0 Å². The molecule has 0 aliphatic carbocycles. The van der Waals surface area contributed by atoms with Crippen molar-refractivity contribution in [3.05, 3.63) is 0 Å². The van der Waals surface area contributed by atoms with E-state index in [2.05, 4.69) is 6.92 Å². The number of aliphatic hydroxyl groups is 2. The Balaban J connectivity index is 3.15. The highest BCUT2D eigenvalue weighted by Gasteiger charge is 2.13. The molecule has 1 unspecified atom stereocenters. The minimum Gasteiger partial charge on any atom is -0.368 e. The van der Waals surface area contributed by atoms with Crippen molar-refractivity contribution in [3.8, 4) is 0 Å². The van der Waals surface area contributed by atoms with Crippen LogP contribution in [0, 0.1) is 5.92 Å². The van der Waals surface area contributed by atoms with Crippen molar-refractivity contribution < 1.29 is 10.2 Å². The Kier molecular flexibility index (Phi) is 13.2. The Morgan fingerprint density at radius 2 is 1.22 bits per heavy atom. The van der Waals surface area contributed by atoms with Gasteiger partial charge in [-0.05, 0) is 13.0 Å². The predicted octanol–water partition coefficient (Wildman–Crippen LogP) is 3.18. The summed E-state index contributed by atoms with van der Waals surface area (Å²) in [5.74, 6) is -0.140. The molecule has 0 aromatic carbocycles. The molecular weight excluding hydrogens is 226 g/mol. The summed E-state index contributed by atoms with van der Waals surface area (Å²) < 4.78 is 0. The van der Waals surface area contributed by atoms with Gasteiger partial charge in [-0.3, -0.25) is 0 Å². The fraction of sp³-hybridized carbons (Fsp3) is 1.00. The summed E-state index contributed by atoms with van der Waals surface area (Å²) >= 11 is 0. The molecule has 0 aromatic rings. The van der Waals surface area contributed by atoms with Gasteiger partial charge in [0.05, 0.1) is 0 Å². The van der Waals surface area contributed by atoms with E-state index in [1.807, 2.05) is 0 Å². The standard InChI is InChI=1S/C15H33NO2/c1-2-3-4-5-6-7-8-9-10-11-12-14(13-16)15(17)18/h14-15,17-18H,2-13,16H2,1H3. The van der Waals surface area contributed by atoms with Crippen LogP contribution in [0.25, 0.3) is 0 Å². The Morgan fingerprint density at radius 3 is 1.61 bits per heavy atom. The minimum absolute atomic E-state index is 0.140. The van der Waals surface area contributed by atoms with Crippen LogP contribution in [0.3, 0.4) is 0 Å². The molecule has 110 valence electrons. The molecule has 0 heterocycles. The average Bonchev–Trinajstić information content (AvgIpc) is 2.35. The molecule has 0 aliphatic rings. The summed E-state index contributed by atoms with van der Waals surface area (Å²) in [6.45, 7) is 2.62. The molecule has 3 heteroatoms. The van der Waals surface area contributed by atoms with Crippen LogP contribution in [0.15, 0.2) is 0 Å². The van der Waals surface area contributed by atoms with Gasteiger partial charge in [-0.1, -0.05) is 71.1 Å². The third kappa shape index (κ3) is 11.0. The second-order valence-corrected chi connectivity index (χ2v) is 5.38. The van der Waals surface area contributed by atoms with Crippen LogP contribution in [0.1, 0.15) is 77.6 Å². The number of nitrogens with two attached hydrogens (primary N) is 1. The van der Waals surface area contributed by atoms with Gasteiger partial charge in [-0.25, -0.2) is 0 Å². The van der Waals surface area contributed by atoms with Crippen molar-refractivity contribution in [2.24, 2.45) is 11.7 Å². The number of hydrogen-bond donors (Lipinski definition) is 3. The lowest BCUT2D eigenvalue weighted by atomic mass is 9.99. The lowest BCUT2D eigenvalue weighted by molar-refractivity contribution is -0.0833. The van der Waals surface area contributed by atoms with E-state index in [0.717, 1.165) is 12.8 Å². The molecule has 4 N–H and O–H groups in total. The second-order valence-electron chi connectivity index (χ2n) is 5.38. The zero-order valence-electron chi connectivity index (χ0n) is 12.1. The first-order chi connectivity index (χ1) is 8.72. The largest absolute Gasteiger partial charge is 0.368 e. The van der Waals surface area contributed by atoms with E-state index in [1.165, 1.54) is 57.8 Å². The van der Waals surface area contributed by atoms with Crippen LogP contribution in [0.4, 0.5) is 0 Å². The highest BCUT2D eigenvalue weighted by atomic mass is 16.5. The fourth-order valence-corrected chi connectivity index (χ4v) is 2.28. The van der Waals surface area contributed by atoms with E-state index in [1.54, 1.807) is 0 Å². The van der Waals surface area contributed by atoms with Gasteiger partial charge in [0, 0.05) is 5.92 Å². The molecule has 18 heavy (non-hydrogen) atoms. The summed E-state index contributed by atoms with van der Waals surface area (Å²) in [5.41, 5.74) is 5.47. The van der Waals surface area contributed by atoms with Gasteiger partial charge < -0.3 is 15.9 Å². The Bertz CT molecular complexity index is 163. The van der Waals surface area contributed by atoms with Crippen molar-refractivity contribution in [1.82, 2.24) is 0 Å². The SMILES string of the molecule is CCCCCCCCCCCCC(CN)C(O)O. The minimum atomic E-state index is -1.24. The molecule has 0 radical (unpaired) electrons. The van der Waals surface area contributed by atoms with Gasteiger partial charge in [-0.2, -0.15) is 0 Å². The first-order valence-electron chi connectivity index (χ1n) is 7.78. The van der Waals surface area contributed by atoms with E-state index in [9.17, 15) is 0 Å². The van der Waals surface area contributed by atoms with Gasteiger partial charge in [0.25, 0.3) is 0 Å². The highest BCUT2D eigenvalue weighted by molar-refractivity contribution is 4.61. The monoisotopic (exact) mass is 259 g/mol. The van der Waals surface area contributed by atoms with Gasteiger partial charge in [0.1, 0.15) is 0 Å². The number of aliphatic hydroxyl groups excluding tert-OH is 1. The zero-order chi connectivity index (χ0) is 13.6. The van der Waals surface area contributed by atoms with Gasteiger partial charge in [-0.15, -0.1) is 0 Å². The Hall–Kier alpha value is -0.120. The van der Waals surface area contributed by atoms with Crippen LogP contribution < -0.4 is 5.73 Å². The summed E-state index contributed by atoms with van der Waals surface area (Å²) in [6, 6.07) is 0. The van der Waals surface area contributed by atoms with Crippen LogP contribution in [0.5, 0.6) is 0 Å². The van der Waals surface area contributed by atoms with E-state index in [0.29, 0.717) is 6.54 Å². The quantitative estimate of drug-likeness (QED) is 0.351. The molecule has 0 bridgehead atoms. The van der Waals surface area contributed by atoms with Gasteiger partial charge >= 0.3 is 0 Å². The lowest BCUT2D eigenvalue weighted by Crippen LogP contribution is -2.27. The van der Waals surface area contributed by atoms with E-state index >= 15 is 0 Å². The third-order valence-corrected chi connectivity index (χ3v) is 3.65. The average molecular weight is 259 g/mol. The Morgan fingerprint density at radius 1 is 0.778 bits per heavy atom. The van der Waals surface area contributed by atoms with E-state index in [4.69, 9.17) is 15.9 Å². The fourth-order valence-electron chi connectivity index (χ4n) is 2.28. The molecule has 0 aliphatic heterocycles. The molecule has 0 rings (SSSR count). The summed E-state index contributed by atoms with van der Waals surface area (Å²) in [6.07, 6.45) is 12.7. The molecule has 0 spiro atoms. The normalized spacial score (nSPS) is 13.2. The smallest absolute Gasteiger partial charge is 0.155 e. The lowest BCUT2D eigenvalue weighted by Gasteiger charge is -2.16. The first-order valence-corrected chi connectivity index (χ1v) is 7.78. The van der Waals surface area contributed by atoms with Crippen molar-refractivity contribution in [3.63, 3.8) is 0 Å². The molecule has 0 saturated heterocycles. The van der Waals surface area contributed by atoms with E-state index < -0.39 is 6.29 Å². The number of unbranched alkanes of at least 4 members (excludes halogenated alkanes) is 9. The van der Waals surface area contributed by atoms with E-state index in [-0.39, 0.29) is 5.92 Å². The van der Waals surface area contributed by atoms with Crippen LogP contribution in [-0.4, -0.2) is 23.0 Å². The van der Waals surface area contributed by atoms with Crippen LogP contribution in [0.2, 0.25) is 0 Å². The maximum Gasteiger partial charge on any atom is 0.155 e. The second kappa shape index (κ2) is 13.3. The van der Waals surface area contributed by atoms with Crippen LogP contribution in [-0.2, 0) is 0 Å².